The summed E-state index contributed by atoms with van der Waals surface area (Å²) in [6.45, 7) is 3.29. The molecule has 3 aromatic heterocycles. The van der Waals surface area contributed by atoms with Crippen LogP contribution in [0.25, 0.3) is 10.2 Å². The fourth-order valence-corrected chi connectivity index (χ4v) is 3.60. The molecule has 3 rings (SSSR count). The molecule has 0 aromatic carbocycles. The fraction of sp³-hybridized carbons (Fsp3) is 0.375. The summed E-state index contributed by atoms with van der Waals surface area (Å²) in [6.07, 6.45) is 8.79. The average Bonchev–Trinajstić information content (AvgIpc) is 3.19. The van der Waals surface area contributed by atoms with Gasteiger partial charge in [0.15, 0.2) is 0 Å². The summed E-state index contributed by atoms with van der Waals surface area (Å²) in [6, 6.07) is 0. The molecule has 3 aromatic rings. The molecule has 1 amide bonds. The normalized spacial score (nSPS) is 11.1. The van der Waals surface area contributed by atoms with Crippen LogP contribution < -0.4 is 10.9 Å². The third kappa shape index (κ3) is 3.23. The molecule has 0 aliphatic heterocycles. The monoisotopic (exact) mass is 345 g/mol. The lowest BCUT2D eigenvalue weighted by Gasteiger charge is -2.05. The number of aromatic nitrogens is 4. The van der Waals surface area contributed by atoms with Gasteiger partial charge in [0, 0.05) is 32.5 Å². The number of hydrogen-bond acceptors (Lipinski definition) is 5. The first-order valence-corrected chi connectivity index (χ1v) is 8.58. The molecule has 8 heteroatoms. The lowest BCUT2D eigenvalue weighted by Crippen LogP contribution is -2.24. The number of amides is 1. The molecule has 7 nitrogen and oxygen atoms in total. The van der Waals surface area contributed by atoms with Gasteiger partial charge in [-0.05, 0) is 25.3 Å². The lowest BCUT2D eigenvalue weighted by molar-refractivity contribution is 0.0956. The summed E-state index contributed by atoms with van der Waals surface area (Å²) in [4.78, 5) is 34.0. The number of imidazole rings is 1. The summed E-state index contributed by atoms with van der Waals surface area (Å²) in [5.74, 6) is -0.139. The van der Waals surface area contributed by atoms with Gasteiger partial charge in [-0.3, -0.25) is 9.59 Å². The van der Waals surface area contributed by atoms with Crippen LogP contribution >= 0.6 is 11.3 Å². The lowest BCUT2D eigenvalue weighted by atomic mass is 10.2. The number of aryl methyl sites for hydroxylation is 3. The van der Waals surface area contributed by atoms with E-state index in [-0.39, 0.29) is 11.5 Å². The molecule has 1 N–H and O–H groups in total. The van der Waals surface area contributed by atoms with Crippen molar-refractivity contribution in [3.63, 3.8) is 0 Å². The van der Waals surface area contributed by atoms with Crippen LogP contribution in [0.5, 0.6) is 0 Å². The van der Waals surface area contributed by atoms with Crippen molar-refractivity contribution in [2.24, 2.45) is 7.05 Å². The number of fused-ring (bicyclic) bond motifs is 1. The van der Waals surface area contributed by atoms with Gasteiger partial charge in [0.1, 0.15) is 4.83 Å². The average molecular weight is 345 g/mol. The van der Waals surface area contributed by atoms with Gasteiger partial charge < -0.3 is 14.5 Å². The summed E-state index contributed by atoms with van der Waals surface area (Å²) in [5, 5.41) is 3.46. The van der Waals surface area contributed by atoms with E-state index in [1.807, 2.05) is 10.8 Å². The van der Waals surface area contributed by atoms with Gasteiger partial charge >= 0.3 is 0 Å². The zero-order chi connectivity index (χ0) is 17.1. The highest BCUT2D eigenvalue weighted by Gasteiger charge is 2.18. The van der Waals surface area contributed by atoms with Gasteiger partial charge in [0.2, 0.25) is 0 Å². The minimum Gasteiger partial charge on any atom is -0.351 e. The van der Waals surface area contributed by atoms with E-state index in [0.29, 0.717) is 27.2 Å². The smallest absolute Gasteiger partial charge is 0.262 e. The summed E-state index contributed by atoms with van der Waals surface area (Å²) in [7, 11) is 1.66. The van der Waals surface area contributed by atoms with Gasteiger partial charge in [-0.15, -0.1) is 11.3 Å². The number of nitrogens with one attached hydrogen (secondary N) is 1. The Balaban J connectivity index is 1.61. The first kappa shape index (κ1) is 16.4. The van der Waals surface area contributed by atoms with Crippen LogP contribution in [0.1, 0.15) is 28.1 Å². The molecule has 0 spiro atoms. The minimum atomic E-state index is -0.139. The van der Waals surface area contributed by atoms with Gasteiger partial charge in [-0.2, -0.15) is 0 Å². The highest BCUT2D eigenvalue weighted by molar-refractivity contribution is 7.20. The zero-order valence-electron chi connectivity index (χ0n) is 13.7. The van der Waals surface area contributed by atoms with Crippen molar-refractivity contribution in [2.45, 2.75) is 26.3 Å². The van der Waals surface area contributed by atoms with Crippen molar-refractivity contribution in [1.82, 2.24) is 24.4 Å². The van der Waals surface area contributed by atoms with Crippen molar-refractivity contribution in [3.05, 3.63) is 45.8 Å². The molecule has 24 heavy (non-hydrogen) atoms. The Morgan fingerprint density at radius 3 is 2.92 bits per heavy atom. The molecule has 0 fully saturated rings. The molecular weight excluding hydrogens is 326 g/mol. The van der Waals surface area contributed by atoms with Crippen LogP contribution in [-0.4, -0.2) is 31.6 Å². The first-order chi connectivity index (χ1) is 11.6. The SMILES string of the molecule is Cc1c(C(=O)NCCCCn2ccnc2)sc2ncn(C)c(=O)c12. The topological polar surface area (TPSA) is 81.8 Å². The van der Waals surface area contributed by atoms with Gasteiger partial charge in [-0.25, -0.2) is 9.97 Å². The molecule has 0 saturated carbocycles. The molecule has 0 aliphatic carbocycles. The molecule has 0 aliphatic rings. The van der Waals surface area contributed by atoms with Crippen molar-refractivity contribution in [3.8, 4) is 0 Å². The Morgan fingerprint density at radius 2 is 2.17 bits per heavy atom. The predicted molar refractivity (Wildman–Crippen MR) is 93.4 cm³/mol. The number of thiophene rings is 1. The second kappa shape index (κ2) is 6.96. The fourth-order valence-electron chi connectivity index (χ4n) is 2.55. The third-order valence-electron chi connectivity index (χ3n) is 3.90. The van der Waals surface area contributed by atoms with Crippen LogP contribution in [0.2, 0.25) is 0 Å². The van der Waals surface area contributed by atoms with Crippen molar-refractivity contribution < 1.29 is 4.79 Å². The van der Waals surface area contributed by atoms with Crippen LogP contribution in [-0.2, 0) is 13.6 Å². The van der Waals surface area contributed by atoms with E-state index < -0.39 is 0 Å². The zero-order valence-corrected chi connectivity index (χ0v) is 14.5. The Hall–Kier alpha value is -2.48. The number of hydrogen-bond donors (Lipinski definition) is 1. The van der Waals surface area contributed by atoms with Gasteiger partial charge in [0.25, 0.3) is 11.5 Å². The van der Waals surface area contributed by atoms with E-state index in [4.69, 9.17) is 0 Å². The number of carbonyl (C=O) groups excluding carboxylic acids is 1. The van der Waals surface area contributed by atoms with E-state index in [2.05, 4.69) is 15.3 Å². The third-order valence-corrected chi connectivity index (χ3v) is 5.10. The highest BCUT2D eigenvalue weighted by atomic mass is 32.1. The van der Waals surface area contributed by atoms with Crippen LogP contribution in [0.4, 0.5) is 0 Å². The van der Waals surface area contributed by atoms with Crippen molar-refractivity contribution in [2.75, 3.05) is 6.54 Å². The summed E-state index contributed by atoms with van der Waals surface area (Å²) < 4.78 is 3.44. The molecular formula is C16H19N5O2S. The van der Waals surface area contributed by atoms with Crippen LogP contribution in [0.3, 0.4) is 0 Å². The van der Waals surface area contributed by atoms with Gasteiger partial charge in [0.05, 0.1) is 22.9 Å². The standard InChI is InChI=1S/C16H19N5O2S/c1-11-12-15(19-10-20(2)16(12)23)24-13(11)14(22)18-5-3-4-7-21-8-6-17-9-21/h6,8-10H,3-5,7H2,1-2H3,(H,18,22). The number of nitrogens with zero attached hydrogens (tertiary/aromatic N) is 4. The van der Waals surface area contributed by atoms with E-state index in [1.165, 1.54) is 22.2 Å². The number of rotatable bonds is 6. The van der Waals surface area contributed by atoms with Gasteiger partial charge in [-0.1, -0.05) is 0 Å². The molecule has 0 radical (unpaired) electrons. The van der Waals surface area contributed by atoms with Crippen molar-refractivity contribution >= 4 is 27.5 Å². The molecule has 126 valence electrons. The summed E-state index contributed by atoms with van der Waals surface area (Å²) in [5.41, 5.74) is 0.591. The first-order valence-electron chi connectivity index (χ1n) is 7.76. The Bertz CT molecular complexity index is 911. The van der Waals surface area contributed by atoms with Crippen LogP contribution in [0.15, 0.2) is 29.8 Å². The maximum absolute atomic E-state index is 12.4. The maximum Gasteiger partial charge on any atom is 0.262 e. The largest absolute Gasteiger partial charge is 0.351 e. The summed E-state index contributed by atoms with van der Waals surface area (Å²) >= 11 is 1.27. The van der Waals surface area contributed by atoms with E-state index >= 15 is 0 Å². The Labute approximate surface area is 143 Å². The Kier molecular flexibility index (Phi) is 4.75. The quantitative estimate of drug-likeness (QED) is 0.690. The Morgan fingerprint density at radius 1 is 1.33 bits per heavy atom. The van der Waals surface area contributed by atoms with Crippen LogP contribution in [0, 0.1) is 6.92 Å². The predicted octanol–water partition coefficient (Wildman–Crippen LogP) is 1.71. The maximum atomic E-state index is 12.4. The minimum absolute atomic E-state index is 0.117. The second-order valence-corrected chi connectivity index (χ2v) is 6.66. The number of carbonyl (C=O) groups is 1. The molecule has 0 unspecified atom stereocenters. The van der Waals surface area contributed by atoms with E-state index in [9.17, 15) is 9.59 Å². The molecule has 0 saturated heterocycles. The van der Waals surface area contributed by atoms with E-state index in [0.717, 1.165) is 19.4 Å². The number of unbranched alkanes of at least 4 members (excludes halogenated alkanes) is 1. The molecule has 0 atom stereocenters. The second-order valence-electron chi connectivity index (χ2n) is 5.66. The van der Waals surface area contributed by atoms with Crippen molar-refractivity contribution in [1.29, 1.82) is 0 Å². The molecule has 0 bridgehead atoms. The molecule has 3 heterocycles. The highest BCUT2D eigenvalue weighted by Crippen LogP contribution is 2.26. The van der Waals surface area contributed by atoms with E-state index in [1.54, 1.807) is 26.5 Å².